The van der Waals surface area contributed by atoms with Gasteiger partial charge < -0.3 is 5.32 Å². The van der Waals surface area contributed by atoms with Crippen molar-refractivity contribution in [2.45, 2.75) is 58.9 Å². The van der Waals surface area contributed by atoms with E-state index >= 15 is 0 Å². The van der Waals surface area contributed by atoms with E-state index in [0.717, 1.165) is 18.5 Å². The number of likely N-dealkylation sites (N-methyl/N-ethyl adjacent to an activating group) is 1. The van der Waals surface area contributed by atoms with Crippen molar-refractivity contribution in [2.75, 3.05) is 26.2 Å². The molecule has 1 atom stereocenters. The third kappa shape index (κ3) is 4.84. The van der Waals surface area contributed by atoms with E-state index in [0.29, 0.717) is 0 Å². The van der Waals surface area contributed by atoms with Gasteiger partial charge in [0.25, 0.3) is 0 Å². The van der Waals surface area contributed by atoms with E-state index < -0.39 is 0 Å². The molecule has 0 amide bonds. The smallest absolute Gasteiger partial charge is 0.0110 e. The Morgan fingerprint density at radius 3 is 2.50 bits per heavy atom. The Labute approximate surface area is 102 Å². The minimum absolute atomic E-state index is 0.735. The summed E-state index contributed by atoms with van der Waals surface area (Å²) in [6.07, 6.45) is 7.09. The molecule has 0 aromatic heterocycles. The molecule has 96 valence electrons. The van der Waals surface area contributed by atoms with Gasteiger partial charge >= 0.3 is 0 Å². The fourth-order valence-corrected chi connectivity index (χ4v) is 2.69. The summed E-state index contributed by atoms with van der Waals surface area (Å²) >= 11 is 0. The van der Waals surface area contributed by atoms with Crippen LogP contribution in [0.3, 0.4) is 0 Å². The molecule has 1 fully saturated rings. The van der Waals surface area contributed by atoms with Crippen LogP contribution in [0.4, 0.5) is 0 Å². The van der Waals surface area contributed by atoms with E-state index in [2.05, 4.69) is 31.0 Å². The maximum absolute atomic E-state index is 3.63. The summed E-state index contributed by atoms with van der Waals surface area (Å²) in [5.74, 6) is 0.971. The highest BCUT2D eigenvalue weighted by atomic mass is 15.2. The van der Waals surface area contributed by atoms with Gasteiger partial charge in [0.05, 0.1) is 0 Å². The zero-order chi connectivity index (χ0) is 11.8. The first kappa shape index (κ1) is 14.0. The summed E-state index contributed by atoms with van der Waals surface area (Å²) in [4.78, 5) is 2.57. The quantitative estimate of drug-likeness (QED) is 0.640. The number of nitrogens with zero attached hydrogens (tertiary/aromatic N) is 1. The Balaban J connectivity index is 2.03. The molecule has 1 N–H and O–H groups in total. The van der Waals surface area contributed by atoms with Crippen LogP contribution in [0.1, 0.15) is 52.9 Å². The van der Waals surface area contributed by atoms with Crippen LogP contribution in [0, 0.1) is 5.92 Å². The molecule has 1 saturated carbocycles. The highest BCUT2D eigenvalue weighted by Crippen LogP contribution is 2.23. The van der Waals surface area contributed by atoms with Gasteiger partial charge in [-0.15, -0.1) is 0 Å². The zero-order valence-electron chi connectivity index (χ0n) is 11.5. The van der Waals surface area contributed by atoms with Crippen molar-refractivity contribution >= 4 is 0 Å². The van der Waals surface area contributed by atoms with Crippen molar-refractivity contribution in [3.05, 3.63) is 0 Å². The highest BCUT2D eigenvalue weighted by Gasteiger charge is 2.14. The standard InChI is InChI=1S/C14H30N2/c1-4-13(3)16(5-2)11-10-15-12-14-8-6-7-9-14/h13-15H,4-12H2,1-3H3. The first-order chi connectivity index (χ1) is 7.77. The van der Waals surface area contributed by atoms with Gasteiger partial charge in [0.1, 0.15) is 0 Å². The topological polar surface area (TPSA) is 15.3 Å². The Morgan fingerprint density at radius 1 is 1.25 bits per heavy atom. The molecule has 0 radical (unpaired) electrons. The molecule has 1 rings (SSSR count). The van der Waals surface area contributed by atoms with Gasteiger partial charge in [-0.25, -0.2) is 0 Å². The molecule has 0 aromatic carbocycles. The van der Waals surface area contributed by atoms with E-state index in [4.69, 9.17) is 0 Å². The number of nitrogens with one attached hydrogen (secondary N) is 1. The molecular weight excluding hydrogens is 196 g/mol. The summed E-state index contributed by atoms with van der Waals surface area (Å²) in [6.45, 7) is 11.7. The Hall–Kier alpha value is -0.0800. The second kappa shape index (κ2) is 8.08. The zero-order valence-corrected chi connectivity index (χ0v) is 11.5. The molecule has 2 nitrogen and oxygen atoms in total. The Morgan fingerprint density at radius 2 is 1.94 bits per heavy atom. The molecule has 1 unspecified atom stereocenters. The first-order valence-electron chi connectivity index (χ1n) is 7.22. The largest absolute Gasteiger partial charge is 0.315 e. The molecule has 0 bridgehead atoms. The second-order valence-electron chi connectivity index (χ2n) is 5.24. The van der Waals surface area contributed by atoms with Gasteiger partial charge in [0.15, 0.2) is 0 Å². The minimum atomic E-state index is 0.735. The van der Waals surface area contributed by atoms with E-state index in [-0.39, 0.29) is 0 Å². The molecule has 0 spiro atoms. The molecule has 16 heavy (non-hydrogen) atoms. The van der Waals surface area contributed by atoms with Crippen LogP contribution in [0.2, 0.25) is 0 Å². The maximum Gasteiger partial charge on any atom is 0.0110 e. The molecular formula is C14H30N2. The molecule has 0 aromatic rings. The maximum atomic E-state index is 3.63. The predicted octanol–water partition coefficient (Wildman–Crippen LogP) is 2.89. The van der Waals surface area contributed by atoms with Crippen molar-refractivity contribution in [2.24, 2.45) is 5.92 Å². The average Bonchev–Trinajstić information content (AvgIpc) is 2.81. The van der Waals surface area contributed by atoms with Gasteiger partial charge in [-0.3, -0.25) is 4.90 Å². The fourth-order valence-electron chi connectivity index (χ4n) is 2.69. The van der Waals surface area contributed by atoms with Crippen molar-refractivity contribution < 1.29 is 0 Å². The lowest BCUT2D eigenvalue weighted by Crippen LogP contribution is -2.38. The second-order valence-corrected chi connectivity index (χ2v) is 5.24. The number of hydrogen-bond donors (Lipinski definition) is 1. The summed E-state index contributed by atoms with van der Waals surface area (Å²) in [5, 5.41) is 3.63. The summed E-state index contributed by atoms with van der Waals surface area (Å²) in [7, 11) is 0. The molecule has 0 aliphatic heterocycles. The lowest BCUT2D eigenvalue weighted by molar-refractivity contribution is 0.214. The van der Waals surface area contributed by atoms with Crippen LogP contribution in [-0.2, 0) is 0 Å². The van der Waals surface area contributed by atoms with E-state index in [1.165, 1.54) is 51.7 Å². The normalized spacial score (nSPS) is 19.5. The average molecular weight is 226 g/mol. The van der Waals surface area contributed by atoms with Gasteiger partial charge in [-0.05, 0) is 45.2 Å². The van der Waals surface area contributed by atoms with Crippen molar-refractivity contribution in [3.8, 4) is 0 Å². The number of hydrogen-bond acceptors (Lipinski definition) is 2. The molecule has 0 heterocycles. The SMILES string of the molecule is CCC(C)N(CC)CCNCC1CCCC1. The van der Waals surface area contributed by atoms with E-state index in [9.17, 15) is 0 Å². The molecule has 1 aliphatic carbocycles. The van der Waals surface area contributed by atoms with Gasteiger partial charge in [-0.2, -0.15) is 0 Å². The van der Waals surface area contributed by atoms with Crippen LogP contribution < -0.4 is 5.32 Å². The van der Waals surface area contributed by atoms with Crippen LogP contribution in [0.25, 0.3) is 0 Å². The van der Waals surface area contributed by atoms with Gasteiger partial charge in [0, 0.05) is 19.1 Å². The molecule has 0 saturated heterocycles. The van der Waals surface area contributed by atoms with Crippen molar-refractivity contribution in [3.63, 3.8) is 0 Å². The van der Waals surface area contributed by atoms with Crippen molar-refractivity contribution in [1.82, 2.24) is 10.2 Å². The van der Waals surface area contributed by atoms with Crippen LogP contribution in [0.5, 0.6) is 0 Å². The summed E-state index contributed by atoms with van der Waals surface area (Å²) in [5.41, 5.74) is 0. The van der Waals surface area contributed by atoms with Crippen molar-refractivity contribution in [1.29, 1.82) is 0 Å². The van der Waals surface area contributed by atoms with Crippen LogP contribution in [-0.4, -0.2) is 37.1 Å². The Bertz CT molecular complexity index is 164. The number of rotatable bonds is 8. The Kier molecular flexibility index (Phi) is 7.06. The third-order valence-corrected chi connectivity index (χ3v) is 4.10. The molecule has 2 heteroatoms. The third-order valence-electron chi connectivity index (χ3n) is 4.10. The van der Waals surface area contributed by atoms with Crippen LogP contribution >= 0.6 is 0 Å². The lowest BCUT2D eigenvalue weighted by atomic mass is 10.1. The van der Waals surface area contributed by atoms with Crippen LogP contribution in [0.15, 0.2) is 0 Å². The highest BCUT2D eigenvalue weighted by molar-refractivity contribution is 4.71. The molecule has 1 aliphatic rings. The van der Waals surface area contributed by atoms with E-state index in [1.54, 1.807) is 0 Å². The van der Waals surface area contributed by atoms with Gasteiger partial charge in [0.2, 0.25) is 0 Å². The first-order valence-corrected chi connectivity index (χ1v) is 7.22. The monoisotopic (exact) mass is 226 g/mol. The minimum Gasteiger partial charge on any atom is -0.315 e. The summed E-state index contributed by atoms with van der Waals surface area (Å²) in [6, 6.07) is 0.735. The fraction of sp³-hybridized carbons (Fsp3) is 1.00. The predicted molar refractivity (Wildman–Crippen MR) is 71.8 cm³/mol. The lowest BCUT2D eigenvalue weighted by Gasteiger charge is -2.27. The van der Waals surface area contributed by atoms with Gasteiger partial charge in [-0.1, -0.05) is 26.7 Å². The van der Waals surface area contributed by atoms with E-state index in [1.807, 2.05) is 0 Å². The summed E-state index contributed by atoms with van der Waals surface area (Å²) < 4.78 is 0.